The highest BCUT2D eigenvalue weighted by Gasteiger charge is 2.26. The molecule has 2 nitrogen and oxygen atoms in total. The Kier molecular flexibility index (Phi) is 5.02. The second-order valence-corrected chi connectivity index (χ2v) is 4.21. The van der Waals surface area contributed by atoms with Gasteiger partial charge in [0.2, 0.25) is 5.79 Å². The monoisotopic (exact) mass is 198 g/mol. The fourth-order valence-corrected chi connectivity index (χ4v) is 2.08. The first-order valence-corrected chi connectivity index (χ1v) is 5.78. The van der Waals surface area contributed by atoms with Gasteiger partial charge in [0.25, 0.3) is 0 Å². The highest BCUT2D eigenvalue weighted by atomic mass is 16.6. The van der Waals surface area contributed by atoms with Crippen LogP contribution in [0.5, 0.6) is 0 Å². The Labute approximate surface area is 87.0 Å². The van der Waals surface area contributed by atoms with Crippen molar-refractivity contribution in [3.63, 3.8) is 0 Å². The van der Waals surface area contributed by atoms with E-state index in [2.05, 4.69) is 6.58 Å². The van der Waals surface area contributed by atoms with E-state index in [0.717, 1.165) is 25.7 Å². The smallest absolute Gasteiger partial charge is 0.207 e. The van der Waals surface area contributed by atoms with Crippen molar-refractivity contribution in [2.24, 2.45) is 0 Å². The maximum atomic E-state index is 10.1. The third kappa shape index (κ3) is 4.14. The molecule has 0 unspecified atom stereocenters. The average molecular weight is 198 g/mol. The number of hydrogen-bond donors (Lipinski definition) is 1. The summed E-state index contributed by atoms with van der Waals surface area (Å²) in [4.78, 5) is 0. The fourth-order valence-electron chi connectivity index (χ4n) is 2.08. The average Bonchev–Trinajstić information content (AvgIpc) is 2.16. The molecule has 0 aromatic rings. The van der Waals surface area contributed by atoms with Crippen molar-refractivity contribution < 1.29 is 9.84 Å². The molecule has 0 saturated heterocycles. The van der Waals surface area contributed by atoms with Crippen LogP contribution in [0.15, 0.2) is 12.8 Å². The molecule has 1 rings (SSSR count). The molecule has 0 atom stereocenters. The highest BCUT2D eigenvalue weighted by Crippen LogP contribution is 2.26. The molecule has 14 heavy (non-hydrogen) atoms. The van der Waals surface area contributed by atoms with Gasteiger partial charge in [0.1, 0.15) is 0 Å². The summed E-state index contributed by atoms with van der Waals surface area (Å²) in [5, 5.41) is 10.1. The second-order valence-electron chi connectivity index (χ2n) is 4.21. The normalized spacial score (nSPS) is 23.8. The SMILES string of the molecule is C=COC1(O)CCCCCCCCC1. The highest BCUT2D eigenvalue weighted by molar-refractivity contribution is 4.72. The lowest BCUT2D eigenvalue weighted by Crippen LogP contribution is -2.30. The minimum Gasteiger partial charge on any atom is -0.471 e. The summed E-state index contributed by atoms with van der Waals surface area (Å²) in [6.07, 6.45) is 11.3. The van der Waals surface area contributed by atoms with Crippen LogP contribution in [0.4, 0.5) is 0 Å². The van der Waals surface area contributed by atoms with Gasteiger partial charge < -0.3 is 9.84 Å². The van der Waals surface area contributed by atoms with Crippen LogP contribution in [-0.2, 0) is 4.74 Å². The Balaban J connectivity index is 2.40. The molecule has 0 bridgehead atoms. The number of aliphatic hydroxyl groups is 1. The van der Waals surface area contributed by atoms with Gasteiger partial charge in [0.15, 0.2) is 0 Å². The largest absolute Gasteiger partial charge is 0.471 e. The van der Waals surface area contributed by atoms with Gasteiger partial charge >= 0.3 is 0 Å². The van der Waals surface area contributed by atoms with Gasteiger partial charge in [-0.2, -0.15) is 0 Å². The lowest BCUT2D eigenvalue weighted by Gasteiger charge is -2.28. The molecule has 0 heterocycles. The van der Waals surface area contributed by atoms with Crippen molar-refractivity contribution in [1.29, 1.82) is 0 Å². The molecule has 1 aliphatic carbocycles. The van der Waals surface area contributed by atoms with Gasteiger partial charge in [-0.3, -0.25) is 0 Å². The van der Waals surface area contributed by atoms with Gasteiger partial charge in [0, 0.05) is 12.8 Å². The molecular weight excluding hydrogens is 176 g/mol. The Morgan fingerprint density at radius 2 is 1.36 bits per heavy atom. The lowest BCUT2D eigenvalue weighted by molar-refractivity contribution is -0.178. The minimum atomic E-state index is -0.931. The molecule has 0 aromatic heterocycles. The van der Waals surface area contributed by atoms with Gasteiger partial charge in [-0.15, -0.1) is 0 Å². The molecule has 1 fully saturated rings. The third-order valence-corrected chi connectivity index (χ3v) is 2.94. The summed E-state index contributed by atoms with van der Waals surface area (Å²) >= 11 is 0. The fraction of sp³-hybridized carbons (Fsp3) is 0.833. The molecule has 0 aromatic carbocycles. The molecule has 2 heteroatoms. The van der Waals surface area contributed by atoms with Crippen LogP contribution in [0, 0.1) is 0 Å². The van der Waals surface area contributed by atoms with E-state index in [1.165, 1.54) is 38.4 Å². The molecule has 0 spiro atoms. The van der Waals surface area contributed by atoms with E-state index >= 15 is 0 Å². The van der Waals surface area contributed by atoms with Crippen LogP contribution in [0.2, 0.25) is 0 Å². The van der Waals surface area contributed by atoms with E-state index in [1.807, 2.05) is 0 Å². The topological polar surface area (TPSA) is 29.5 Å². The standard InChI is InChI=1S/C12H22O2/c1-2-14-12(13)10-8-6-4-3-5-7-9-11-12/h2,13H,1,3-11H2. The maximum Gasteiger partial charge on any atom is 0.207 e. The summed E-state index contributed by atoms with van der Waals surface area (Å²) in [5.74, 6) is -0.931. The third-order valence-electron chi connectivity index (χ3n) is 2.94. The number of ether oxygens (including phenoxy) is 1. The minimum absolute atomic E-state index is 0.749. The molecule has 0 aliphatic heterocycles. The summed E-state index contributed by atoms with van der Waals surface area (Å²) in [5.41, 5.74) is 0. The summed E-state index contributed by atoms with van der Waals surface area (Å²) < 4.78 is 5.22. The van der Waals surface area contributed by atoms with Crippen molar-refractivity contribution >= 4 is 0 Å². The van der Waals surface area contributed by atoms with Gasteiger partial charge in [-0.1, -0.05) is 38.7 Å². The van der Waals surface area contributed by atoms with Crippen molar-refractivity contribution in [1.82, 2.24) is 0 Å². The van der Waals surface area contributed by atoms with Crippen LogP contribution >= 0.6 is 0 Å². The zero-order chi connectivity index (χ0) is 10.3. The van der Waals surface area contributed by atoms with Crippen molar-refractivity contribution in [2.75, 3.05) is 0 Å². The molecule has 1 saturated carbocycles. The predicted molar refractivity (Wildman–Crippen MR) is 57.8 cm³/mol. The Morgan fingerprint density at radius 1 is 0.929 bits per heavy atom. The molecule has 1 N–H and O–H groups in total. The van der Waals surface area contributed by atoms with Crippen molar-refractivity contribution in [3.05, 3.63) is 12.8 Å². The van der Waals surface area contributed by atoms with E-state index in [9.17, 15) is 5.11 Å². The summed E-state index contributed by atoms with van der Waals surface area (Å²) in [6.45, 7) is 3.51. The Bertz CT molecular complexity index is 156. The van der Waals surface area contributed by atoms with E-state index in [-0.39, 0.29) is 0 Å². The first kappa shape index (κ1) is 11.6. The van der Waals surface area contributed by atoms with Gasteiger partial charge in [-0.05, 0) is 12.8 Å². The zero-order valence-electron chi connectivity index (χ0n) is 9.00. The van der Waals surface area contributed by atoms with Crippen molar-refractivity contribution in [2.45, 2.75) is 63.6 Å². The van der Waals surface area contributed by atoms with Crippen molar-refractivity contribution in [3.8, 4) is 0 Å². The van der Waals surface area contributed by atoms with E-state index in [0.29, 0.717) is 0 Å². The Morgan fingerprint density at radius 3 is 1.79 bits per heavy atom. The van der Waals surface area contributed by atoms with E-state index in [4.69, 9.17) is 4.74 Å². The lowest BCUT2D eigenvalue weighted by atomic mass is 9.96. The zero-order valence-corrected chi connectivity index (χ0v) is 9.00. The first-order valence-electron chi connectivity index (χ1n) is 5.78. The van der Waals surface area contributed by atoms with Gasteiger partial charge in [-0.25, -0.2) is 0 Å². The molecule has 1 aliphatic rings. The van der Waals surface area contributed by atoms with Crippen LogP contribution in [-0.4, -0.2) is 10.9 Å². The van der Waals surface area contributed by atoms with Crippen LogP contribution < -0.4 is 0 Å². The molecular formula is C12H22O2. The predicted octanol–water partition coefficient (Wildman–Crippen LogP) is 3.36. The van der Waals surface area contributed by atoms with Gasteiger partial charge in [0.05, 0.1) is 6.26 Å². The first-order chi connectivity index (χ1) is 6.77. The second kappa shape index (κ2) is 6.07. The number of hydrogen-bond acceptors (Lipinski definition) is 2. The summed E-state index contributed by atoms with van der Waals surface area (Å²) in [7, 11) is 0. The maximum absolute atomic E-state index is 10.1. The molecule has 82 valence electrons. The molecule has 0 radical (unpaired) electrons. The Hall–Kier alpha value is -0.500. The quantitative estimate of drug-likeness (QED) is 0.544. The van der Waals surface area contributed by atoms with Crippen LogP contribution in [0.25, 0.3) is 0 Å². The van der Waals surface area contributed by atoms with Crippen LogP contribution in [0.1, 0.15) is 57.8 Å². The summed E-state index contributed by atoms with van der Waals surface area (Å²) in [6, 6.07) is 0. The molecule has 0 amide bonds. The van der Waals surface area contributed by atoms with E-state index < -0.39 is 5.79 Å². The van der Waals surface area contributed by atoms with E-state index in [1.54, 1.807) is 0 Å². The number of rotatable bonds is 2. The van der Waals surface area contributed by atoms with Crippen LogP contribution in [0.3, 0.4) is 0 Å².